The zero-order chi connectivity index (χ0) is 35.4. The number of aliphatic hydroxyl groups excluding tert-OH is 6. The van der Waals surface area contributed by atoms with E-state index < -0.39 is 55.6 Å². The Labute approximate surface area is 292 Å². The molecular weight excluding hydrogens is 614 g/mol. The smallest absolute Gasteiger partial charge is 0.220 e. The Morgan fingerprint density at radius 1 is 0.646 bits per heavy atom. The van der Waals surface area contributed by atoms with Crippen LogP contribution in [-0.4, -0.2) is 98.7 Å². The lowest BCUT2D eigenvalue weighted by molar-refractivity contribution is -0.303. The van der Waals surface area contributed by atoms with Crippen LogP contribution in [0.2, 0.25) is 0 Å². The zero-order valence-corrected chi connectivity index (χ0v) is 30.6. The normalized spacial score (nSPS) is 23.2. The molecule has 8 atom stereocenters. The van der Waals surface area contributed by atoms with Gasteiger partial charge in [-0.05, 0) is 12.8 Å². The lowest BCUT2D eigenvalue weighted by Gasteiger charge is -2.40. The van der Waals surface area contributed by atoms with Crippen LogP contribution in [0.1, 0.15) is 174 Å². The molecule has 0 aromatic carbocycles. The van der Waals surface area contributed by atoms with E-state index in [1.165, 1.54) is 103 Å². The summed E-state index contributed by atoms with van der Waals surface area (Å²) in [6.07, 6.45) is 18.3. The van der Waals surface area contributed by atoms with Crippen molar-refractivity contribution in [2.75, 3.05) is 13.2 Å². The van der Waals surface area contributed by atoms with E-state index >= 15 is 0 Å². The van der Waals surface area contributed by atoms with Gasteiger partial charge in [0.05, 0.1) is 25.4 Å². The van der Waals surface area contributed by atoms with Crippen LogP contribution in [0, 0.1) is 0 Å². The first-order chi connectivity index (χ1) is 23.3. The SMILES string of the molecule is CCCCCCCCCCCCCCCC[C@@H](O)[C@@H](O)[C@H](CO[C@@H]1O[C@H](CO)[C@@H](O)C(O)C1O)NC(=O)CCCCCCCCCCC. The minimum atomic E-state index is -1.60. The van der Waals surface area contributed by atoms with Crippen molar-refractivity contribution in [3.8, 4) is 0 Å². The van der Waals surface area contributed by atoms with E-state index in [2.05, 4.69) is 19.2 Å². The number of rotatable bonds is 32. The molecule has 2 unspecified atom stereocenters. The van der Waals surface area contributed by atoms with Gasteiger partial charge < -0.3 is 45.4 Å². The summed E-state index contributed by atoms with van der Waals surface area (Å²) in [7, 11) is 0. The van der Waals surface area contributed by atoms with Gasteiger partial charge >= 0.3 is 0 Å². The van der Waals surface area contributed by atoms with Gasteiger partial charge in [-0.2, -0.15) is 0 Å². The number of ether oxygens (including phenoxy) is 2. The van der Waals surface area contributed by atoms with E-state index in [0.29, 0.717) is 6.42 Å². The fourth-order valence-corrected chi connectivity index (χ4v) is 6.49. The second-order valence-corrected chi connectivity index (χ2v) is 14.2. The summed E-state index contributed by atoms with van der Waals surface area (Å²) in [5.41, 5.74) is 0. The molecule has 10 nitrogen and oxygen atoms in total. The molecule has 286 valence electrons. The molecule has 0 aromatic rings. The standard InChI is InChI=1S/C38H75NO9/c1-3-5-7-9-11-13-14-15-16-17-19-20-22-24-26-31(41)34(43)30(29-47-38-37(46)36(45)35(44)32(28-40)48-38)39-33(42)27-25-23-21-18-12-10-8-6-4-2/h30-32,34-38,40-41,43-46H,3-29H2,1-2H3,(H,39,42)/t30-,31+,32+,34-,35+,36?,37?,38+/m0/s1. The number of amides is 1. The van der Waals surface area contributed by atoms with Crippen molar-refractivity contribution < 1.29 is 44.9 Å². The first kappa shape index (κ1) is 45.2. The molecule has 0 aliphatic carbocycles. The van der Waals surface area contributed by atoms with Gasteiger partial charge in [-0.25, -0.2) is 0 Å². The minimum absolute atomic E-state index is 0.261. The molecule has 1 amide bonds. The summed E-state index contributed by atoms with van der Waals surface area (Å²) in [5.74, 6) is -0.261. The highest BCUT2D eigenvalue weighted by Crippen LogP contribution is 2.23. The fraction of sp³-hybridized carbons (Fsp3) is 0.974. The van der Waals surface area contributed by atoms with Crippen molar-refractivity contribution in [3.05, 3.63) is 0 Å². The van der Waals surface area contributed by atoms with Crippen LogP contribution in [0.3, 0.4) is 0 Å². The Bertz CT molecular complexity index is 743. The van der Waals surface area contributed by atoms with Crippen molar-refractivity contribution in [2.45, 2.75) is 223 Å². The third kappa shape index (κ3) is 20.7. The van der Waals surface area contributed by atoms with Gasteiger partial charge in [0.25, 0.3) is 0 Å². The molecule has 10 heteroatoms. The molecule has 0 saturated carbocycles. The van der Waals surface area contributed by atoms with E-state index in [0.717, 1.165) is 44.9 Å². The first-order valence-electron chi connectivity index (χ1n) is 19.8. The number of nitrogens with one attached hydrogen (secondary N) is 1. The Morgan fingerprint density at radius 2 is 1.08 bits per heavy atom. The first-order valence-corrected chi connectivity index (χ1v) is 19.8. The van der Waals surface area contributed by atoms with Crippen LogP contribution in [0.25, 0.3) is 0 Å². The van der Waals surface area contributed by atoms with Crippen LogP contribution in [0.5, 0.6) is 0 Å². The van der Waals surface area contributed by atoms with Gasteiger partial charge in [0.1, 0.15) is 30.5 Å². The van der Waals surface area contributed by atoms with E-state index in [1.54, 1.807) is 0 Å². The van der Waals surface area contributed by atoms with Crippen molar-refractivity contribution in [2.24, 2.45) is 0 Å². The molecular formula is C38H75NO9. The molecule has 0 spiro atoms. The summed E-state index contributed by atoms with van der Waals surface area (Å²) in [4.78, 5) is 12.8. The van der Waals surface area contributed by atoms with Gasteiger partial charge in [-0.15, -0.1) is 0 Å². The van der Waals surface area contributed by atoms with E-state index in [4.69, 9.17) is 9.47 Å². The summed E-state index contributed by atoms with van der Waals surface area (Å²) >= 11 is 0. The molecule has 48 heavy (non-hydrogen) atoms. The lowest BCUT2D eigenvalue weighted by atomic mass is 9.98. The summed E-state index contributed by atoms with van der Waals surface area (Å²) in [6.45, 7) is 3.56. The van der Waals surface area contributed by atoms with Gasteiger partial charge in [0, 0.05) is 6.42 Å². The van der Waals surface area contributed by atoms with Crippen molar-refractivity contribution in [1.29, 1.82) is 0 Å². The fourth-order valence-electron chi connectivity index (χ4n) is 6.49. The van der Waals surface area contributed by atoms with E-state index in [1.807, 2.05) is 0 Å². The monoisotopic (exact) mass is 690 g/mol. The van der Waals surface area contributed by atoms with Crippen LogP contribution < -0.4 is 5.32 Å². The summed E-state index contributed by atoms with van der Waals surface area (Å²) < 4.78 is 11.1. The van der Waals surface area contributed by atoms with Crippen LogP contribution in [-0.2, 0) is 14.3 Å². The molecule has 1 aliphatic rings. The predicted molar refractivity (Wildman–Crippen MR) is 190 cm³/mol. The van der Waals surface area contributed by atoms with Crippen LogP contribution in [0.4, 0.5) is 0 Å². The topological polar surface area (TPSA) is 169 Å². The highest BCUT2D eigenvalue weighted by molar-refractivity contribution is 5.76. The third-order valence-electron chi connectivity index (χ3n) is 9.80. The Morgan fingerprint density at radius 3 is 1.54 bits per heavy atom. The second kappa shape index (κ2) is 29.8. The Kier molecular flexibility index (Phi) is 28.1. The van der Waals surface area contributed by atoms with Gasteiger partial charge in [0.2, 0.25) is 5.91 Å². The average Bonchev–Trinajstić information content (AvgIpc) is 3.08. The lowest BCUT2D eigenvalue weighted by Crippen LogP contribution is -2.60. The second-order valence-electron chi connectivity index (χ2n) is 14.2. The number of aliphatic hydroxyl groups is 6. The molecule has 7 N–H and O–H groups in total. The van der Waals surface area contributed by atoms with Crippen molar-refractivity contribution >= 4 is 5.91 Å². The predicted octanol–water partition coefficient (Wildman–Crippen LogP) is 5.80. The molecule has 1 rings (SSSR count). The Balaban J connectivity index is 2.47. The minimum Gasteiger partial charge on any atom is -0.394 e. The molecule has 1 fully saturated rings. The van der Waals surface area contributed by atoms with Crippen molar-refractivity contribution in [1.82, 2.24) is 5.32 Å². The van der Waals surface area contributed by atoms with Gasteiger partial charge in [-0.3, -0.25) is 4.79 Å². The van der Waals surface area contributed by atoms with E-state index in [9.17, 15) is 35.4 Å². The van der Waals surface area contributed by atoms with Crippen LogP contribution >= 0.6 is 0 Å². The number of hydrogen-bond donors (Lipinski definition) is 7. The number of carbonyl (C=O) groups is 1. The average molecular weight is 690 g/mol. The maximum atomic E-state index is 12.8. The Hall–Kier alpha value is -0.850. The quantitative estimate of drug-likeness (QED) is 0.0432. The van der Waals surface area contributed by atoms with E-state index in [-0.39, 0.29) is 18.9 Å². The maximum absolute atomic E-state index is 12.8. The molecule has 0 radical (unpaired) electrons. The number of unbranched alkanes of at least 4 members (excludes halogenated alkanes) is 21. The molecule has 0 bridgehead atoms. The third-order valence-corrected chi connectivity index (χ3v) is 9.80. The largest absolute Gasteiger partial charge is 0.394 e. The maximum Gasteiger partial charge on any atom is 0.220 e. The number of carbonyl (C=O) groups excluding carboxylic acids is 1. The van der Waals surface area contributed by atoms with Gasteiger partial charge in [0.15, 0.2) is 6.29 Å². The highest BCUT2D eigenvalue weighted by atomic mass is 16.7. The molecule has 1 heterocycles. The van der Waals surface area contributed by atoms with Crippen LogP contribution in [0.15, 0.2) is 0 Å². The molecule has 1 saturated heterocycles. The number of hydrogen-bond acceptors (Lipinski definition) is 9. The summed E-state index contributed by atoms with van der Waals surface area (Å²) in [5, 5.41) is 64.7. The highest BCUT2D eigenvalue weighted by Gasteiger charge is 2.44. The molecule has 1 aliphatic heterocycles. The summed E-state index contributed by atoms with van der Waals surface area (Å²) in [6, 6.07) is -0.981. The van der Waals surface area contributed by atoms with Gasteiger partial charge in [-0.1, -0.05) is 155 Å². The van der Waals surface area contributed by atoms with Crippen molar-refractivity contribution in [3.63, 3.8) is 0 Å². The zero-order valence-electron chi connectivity index (χ0n) is 30.6. The molecule has 0 aromatic heterocycles.